The van der Waals surface area contributed by atoms with E-state index in [1.54, 1.807) is 24.3 Å². The molecular formula is C17H18N2O5. The van der Waals surface area contributed by atoms with E-state index < -0.39 is 29.7 Å². The summed E-state index contributed by atoms with van der Waals surface area (Å²) < 4.78 is 4.75. The van der Waals surface area contributed by atoms with Crippen molar-refractivity contribution in [3.8, 4) is 0 Å². The van der Waals surface area contributed by atoms with Gasteiger partial charge in [0.1, 0.15) is 12.6 Å². The topological polar surface area (TPSA) is 84.0 Å². The molecule has 3 amide bonds. The maximum atomic E-state index is 12.6. The van der Waals surface area contributed by atoms with Crippen LogP contribution < -0.4 is 0 Å². The SMILES string of the molecule is COC(=O)C1CCCCN1C(=O)CN1C(=O)c2ccccc2C1=O. The second-order valence-electron chi connectivity index (χ2n) is 5.86. The minimum atomic E-state index is -0.647. The molecule has 2 heterocycles. The highest BCUT2D eigenvalue weighted by Gasteiger charge is 2.39. The monoisotopic (exact) mass is 330 g/mol. The quantitative estimate of drug-likeness (QED) is 0.606. The Bertz CT molecular complexity index is 680. The number of ether oxygens (including phenoxy) is 1. The van der Waals surface area contributed by atoms with Crippen LogP contribution in [-0.4, -0.2) is 59.7 Å². The predicted octanol–water partition coefficient (Wildman–Crippen LogP) is 0.837. The second-order valence-corrected chi connectivity index (χ2v) is 5.86. The van der Waals surface area contributed by atoms with Gasteiger partial charge in [0, 0.05) is 6.54 Å². The first-order valence-corrected chi connectivity index (χ1v) is 7.87. The van der Waals surface area contributed by atoms with Crippen molar-refractivity contribution in [2.75, 3.05) is 20.2 Å². The number of benzene rings is 1. The molecule has 1 aromatic rings. The van der Waals surface area contributed by atoms with Gasteiger partial charge in [0.2, 0.25) is 5.91 Å². The second kappa shape index (κ2) is 6.43. The summed E-state index contributed by atoms with van der Waals surface area (Å²) in [6.45, 7) is 0.0572. The molecule has 7 nitrogen and oxygen atoms in total. The molecule has 1 aromatic carbocycles. The summed E-state index contributed by atoms with van der Waals surface area (Å²) in [5.41, 5.74) is 0.608. The summed E-state index contributed by atoms with van der Waals surface area (Å²) in [7, 11) is 1.28. The van der Waals surface area contributed by atoms with Crippen LogP contribution in [0.15, 0.2) is 24.3 Å². The first kappa shape index (κ1) is 16.2. The Morgan fingerprint density at radius 3 is 2.33 bits per heavy atom. The molecule has 1 saturated heterocycles. The van der Waals surface area contributed by atoms with E-state index in [1.807, 2.05) is 0 Å². The molecule has 0 aliphatic carbocycles. The zero-order chi connectivity index (χ0) is 17.3. The average Bonchev–Trinajstić information content (AvgIpc) is 2.86. The van der Waals surface area contributed by atoms with E-state index in [2.05, 4.69) is 0 Å². The van der Waals surface area contributed by atoms with Gasteiger partial charge >= 0.3 is 5.97 Å². The van der Waals surface area contributed by atoms with Crippen LogP contribution in [0.5, 0.6) is 0 Å². The summed E-state index contributed by atoms with van der Waals surface area (Å²) >= 11 is 0. The molecule has 0 aromatic heterocycles. The molecule has 24 heavy (non-hydrogen) atoms. The number of hydrogen-bond acceptors (Lipinski definition) is 5. The third kappa shape index (κ3) is 2.66. The van der Waals surface area contributed by atoms with E-state index in [-0.39, 0.29) is 6.54 Å². The molecule has 2 aliphatic heterocycles. The van der Waals surface area contributed by atoms with Crippen LogP contribution in [0.3, 0.4) is 0 Å². The summed E-state index contributed by atoms with van der Waals surface area (Å²) in [6, 6.07) is 5.84. The van der Waals surface area contributed by atoms with Crippen LogP contribution in [0, 0.1) is 0 Å². The Balaban J connectivity index is 1.76. The zero-order valence-electron chi connectivity index (χ0n) is 13.4. The minimum absolute atomic E-state index is 0.304. The lowest BCUT2D eigenvalue weighted by molar-refractivity contribution is -0.154. The van der Waals surface area contributed by atoms with E-state index >= 15 is 0 Å². The first-order valence-electron chi connectivity index (χ1n) is 7.87. The molecule has 2 aliphatic rings. The van der Waals surface area contributed by atoms with Crippen molar-refractivity contribution in [1.29, 1.82) is 0 Å². The molecule has 1 fully saturated rings. The number of esters is 1. The van der Waals surface area contributed by atoms with Crippen LogP contribution in [0.2, 0.25) is 0 Å². The fourth-order valence-corrected chi connectivity index (χ4v) is 3.22. The van der Waals surface area contributed by atoms with Gasteiger partial charge in [-0.15, -0.1) is 0 Å². The van der Waals surface area contributed by atoms with Gasteiger partial charge in [-0.25, -0.2) is 4.79 Å². The lowest BCUT2D eigenvalue weighted by Gasteiger charge is -2.34. The highest BCUT2D eigenvalue weighted by Crippen LogP contribution is 2.24. The van der Waals surface area contributed by atoms with Gasteiger partial charge < -0.3 is 9.64 Å². The third-order valence-electron chi connectivity index (χ3n) is 4.47. The van der Waals surface area contributed by atoms with Crippen LogP contribution >= 0.6 is 0 Å². The number of fused-ring (bicyclic) bond motifs is 1. The molecule has 0 saturated carbocycles. The molecule has 0 N–H and O–H groups in total. The number of hydrogen-bond donors (Lipinski definition) is 0. The highest BCUT2D eigenvalue weighted by molar-refractivity contribution is 6.22. The van der Waals surface area contributed by atoms with E-state index in [0.29, 0.717) is 24.1 Å². The van der Waals surface area contributed by atoms with Crippen molar-refractivity contribution in [2.24, 2.45) is 0 Å². The van der Waals surface area contributed by atoms with Gasteiger partial charge in [-0.3, -0.25) is 19.3 Å². The Morgan fingerprint density at radius 1 is 1.12 bits per heavy atom. The van der Waals surface area contributed by atoms with Gasteiger partial charge in [0.15, 0.2) is 0 Å². The molecule has 0 bridgehead atoms. The van der Waals surface area contributed by atoms with Crippen molar-refractivity contribution >= 4 is 23.7 Å². The van der Waals surface area contributed by atoms with E-state index in [4.69, 9.17) is 4.74 Å². The molecule has 126 valence electrons. The van der Waals surface area contributed by atoms with Crippen LogP contribution in [0.4, 0.5) is 0 Å². The minimum Gasteiger partial charge on any atom is -0.467 e. The standard InChI is InChI=1S/C17H18N2O5/c1-24-17(23)13-8-4-5-9-18(13)14(20)10-19-15(21)11-6-2-3-7-12(11)16(19)22/h2-3,6-7,13H,4-5,8-10H2,1H3. The Morgan fingerprint density at radius 2 is 1.75 bits per heavy atom. The van der Waals surface area contributed by atoms with E-state index in [1.165, 1.54) is 12.0 Å². The van der Waals surface area contributed by atoms with E-state index in [9.17, 15) is 19.2 Å². The average molecular weight is 330 g/mol. The smallest absolute Gasteiger partial charge is 0.328 e. The maximum Gasteiger partial charge on any atom is 0.328 e. The number of imide groups is 1. The highest BCUT2D eigenvalue weighted by atomic mass is 16.5. The van der Waals surface area contributed by atoms with Crippen molar-refractivity contribution in [1.82, 2.24) is 9.80 Å². The number of amides is 3. The molecule has 7 heteroatoms. The Labute approximate surface area is 139 Å². The first-order chi connectivity index (χ1) is 11.5. The zero-order valence-corrected chi connectivity index (χ0v) is 13.4. The fraction of sp³-hybridized carbons (Fsp3) is 0.412. The number of carbonyl (C=O) groups excluding carboxylic acids is 4. The number of likely N-dealkylation sites (tertiary alicyclic amines) is 1. The van der Waals surface area contributed by atoms with Crippen molar-refractivity contribution in [3.05, 3.63) is 35.4 Å². The predicted molar refractivity (Wildman–Crippen MR) is 83.2 cm³/mol. The van der Waals surface area contributed by atoms with Crippen molar-refractivity contribution in [3.63, 3.8) is 0 Å². The molecule has 3 rings (SSSR count). The fourth-order valence-electron chi connectivity index (χ4n) is 3.22. The summed E-state index contributed by atoms with van der Waals surface area (Å²) in [5, 5.41) is 0. The van der Waals surface area contributed by atoms with Crippen molar-refractivity contribution in [2.45, 2.75) is 25.3 Å². The van der Waals surface area contributed by atoms with E-state index in [0.717, 1.165) is 17.7 Å². The van der Waals surface area contributed by atoms with Gasteiger partial charge in [-0.1, -0.05) is 12.1 Å². The van der Waals surface area contributed by atoms with Gasteiger partial charge in [-0.2, -0.15) is 0 Å². The lowest BCUT2D eigenvalue weighted by atomic mass is 10.0. The summed E-state index contributed by atoms with van der Waals surface area (Å²) in [4.78, 5) is 51.5. The number of nitrogens with zero attached hydrogens (tertiary/aromatic N) is 2. The van der Waals surface area contributed by atoms with Gasteiger partial charge in [0.05, 0.1) is 18.2 Å². The van der Waals surface area contributed by atoms with Crippen LogP contribution in [0.1, 0.15) is 40.0 Å². The largest absolute Gasteiger partial charge is 0.467 e. The normalized spacial score (nSPS) is 20.1. The lowest BCUT2D eigenvalue weighted by Crippen LogP contribution is -2.52. The summed E-state index contributed by atoms with van der Waals surface area (Å²) in [5.74, 6) is -1.84. The number of carbonyl (C=O) groups is 4. The molecule has 1 unspecified atom stereocenters. The third-order valence-corrected chi connectivity index (χ3v) is 4.47. The van der Waals surface area contributed by atoms with Crippen LogP contribution in [0.25, 0.3) is 0 Å². The molecular weight excluding hydrogens is 312 g/mol. The Kier molecular flexibility index (Phi) is 4.33. The number of piperidine rings is 1. The molecule has 0 spiro atoms. The van der Waals surface area contributed by atoms with Gasteiger partial charge in [-0.05, 0) is 31.4 Å². The maximum absolute atomic E-state index is 12.6. The Hall–Kier alpha value is -2.70. The number of methoxy groups -OCH3 is 1. The van der Waals surface area contributed by atoms with Crippen molar-refractivity contribution < 1.29 is 23.9 Å². The van der Waals surface area contributed by atoms with Crippen LogP contribution in [-0.2, 0) is 14.3 Å². The molecule has 0 radical (unpaired) electrons. The molecule has 1 atom stereocenters. The van der Waals surface area contributed by atoms with Gasteiger partial charge in [0.25, 0.3) is 11.8 Å². The number of rotatable bonds is 3. The summed E-state index contributed by atoms with van der Waals surface area (Å²) in [6.07, 6.45) is 2.14.